The number of halogens is 1. The van der Waals surface area contributed by atoms with Crippen molar-refractivity contribution in [1.29, 1.82) is 0 Å². The van der Waals surface area contributed by atoms with E-state index < -0.39 is 15.9 Å². The number of furan rings is 1. The molecule has 0 atom stereocenters. The van der Waals surface area contributed by atoms with Gasteiger partial charge >= 0.3 is 0 Å². The van der Waals surface area contributed by atoms with Gasteiger partial charge in [-0.3, -0.25) is 9.69 Å². The Bertz CT molecular complexity index is 1200. The minimum absolute atomic E-state index is 0.0814. The molecule has 4 rings (SSSR count). The lowest BCUT2D eigenvalue weighted by molar-refractivity contribution is 0.0376. The average Bonchev–Trinajstić information content (AvgIpc) is 3.34. The summed E-state index contributed by atoms with van der Waals surface area (Å²) in [5.41, 5.74) is 1.07. The molecule has 34 heavy (non-hydrogen) atoms. The summed E-state index contributed by atoms with van der Waals surface area (Å²) in [6.07, 6.45) is 0.705. The zero-order valence-corrected chi connectivity index (χ0v) is 19.3. The number of anilines is 1. The smallest absolute Gasteiger partial charge is 0.291 e. The second kappa shape index (κ2) is 10.9. The molecular formula is C24H26FN3O5S. The van der Waals surface area contributed by atoms with Crippen molar-refractivity contribution in [2.45, 2.75) is 11.3 Å². The molecule has 2 aromatic carbocycles. The van der Waals surface area contributed by atoms with Crippen LogP contribution in [-0.4, -0.2) is 58.6 Å². The molecule has 180 valence electrons. The molecule has 0 aliphatic carbocycles. The molecule has 1 amide bonds. The Kier molecular flexibility index (Phi) is 7.73. The molecule has 1 saturated heterocycles. The first-order valence-electron chi connectivity index (χ1n) is 11.0. The Morgan fingerprint density at radius 2 is 1.68 bits per heavy atom. The van der Waals surface area contributed by atoms with E-state index >= 15 is 0 Å². The number of nitrogens with one attached hydrogen (secondary N) is 2. The summed E-state index contributed by atoms with van der Waals surface area (Å²) in [7, 11) is -3.64. The first-order valence-corrected chi connectivity index (χ1v) is 12.5. The Labute approximate surface area is 197 Å². The summed E-state index contributed by atoms with van der Waals surface area (Å²) in [6.45, 7) is 4.31. The maximum atomic E-state index is 13.1. The number of benzene rings is 2. The van der Waals surface area contributed by atoms with Gasteiger partial charge in [-0.05, 0) is 73.6 Å². The van der Waals surface area contributed by atoms with Crippen LogP contribution < -0.4 is 10.0 Å². The van der Waals surface area contributed by atoms with E-state index in [9.17, 15) is 17.6 Å². The van der Waals surface area contributed by atoms with Gasteiger partial charge in [0.25, 0.3) is 5.91 Å². The summed E-state index contributed by atoms with van der Waals surface area (Å²) in [5.74, 6) is -0.323. The largest absolute Gasteiger partial charge is 0.451 e. The fourth-order valence-electron chi connectivity index (χ4n) is 3.56. The van der Waals surface area contributed by atoms with Crippen LogP contribution in [0.15, 0.2) is 70.0 Å². The highest BCUT2D eigenvalue weighted by Gasteiger charge is 2.16. The van der Waals surface area contributed by atoms with Gasteiger partial charge in [0, 0.05) is 30.9 Å². The predicted octanol–water partition coefficient (Wildman–Crippen LogP) is 3.34. The van der Waals surface area contributed by atoms with E-state index in [1.54, 1.807) is 18.2 Å². The average molecular weight is 488 g/mol. The lowest BCUT2D eigenvalue weighted by atomic mass is 10.2. The molecule has 1 fully saturated rings. The SMILES string of the molecule is O=C(Nc1ccc(S(=O)(=O)NCCCN2CCOCC2)cc1)c1ccc(-c2ccc(F)cc2)o1. The van der Waals surface area contributed by atoms with Crippen LogP contribution in [-0.2, 0) is 14.8 Å². The van der Waals surface area contributed by atoms with Gasteiger partial charge in [-0.1, -0.05) is 0 Å². The number of rotatable bonds is 9. The Hall–Kier alpha value is -3.05. The number of hydrogen-bond donors (Lipinski definition) is 2. The van der Waals surface area contributed by atoms with E-state index in [2.05, 4.69) is 14.9 Å². The summed E-state index contributed by atoms with van der Waals surface area (Å²) < 4.78 is 51.6. The third-order valence-electron chi connectivity index (χ3n) is 5.43. The number of morpholine rings is 1. The molecule has 2 N–H and O–H groups in total. The number of sulfonamides is 1. The lowest BCUT2D eigenvalue weighted by Crippen LogP contribution is -2.38. The fraction of sp³-hybridized carbons (Fsp3) is 0.292. The molecule has 10 heteroatoms. The summed E-state index contributed by atoms with van der Waals surface area (Å²) in [5, 5.41) is 2.68. The van der Waals surface area contributed by atoms with Gasteiger partial charge in [0.15, 0.2) is 5.76 Å². The molecule has 8 nitrogen and oxygen atoms in total. The first-order chi connectivity index (χ1) is 16.4. The molecule has 0 radical (unpaired) electrons. The molecule has 1 aliphatic rings. The minimum atomic E-state index is -3.64. The molecule has 1 aromatic heterocycles. The zero-order valence-electron chi connectivity index (χ0n) is 18.5. The van der Waals surface area contributed by atoms with Crippen molar-refractivity contribution in [1.82, 2.24) is 9.62 Å². The van der Waals surface area contributed by atoms with E-state index in [-0.39, 0.29) is 16.5 Å². The van der Waals surface area contributed by atoms with Crippen LogP contribution in [0.3, 0.4) is 0 Å². The van der Waals surface area contributed by atoms with E-state index in [1.807, 2.05) is 0 Å². The quantitative estimate of drug-likeness (QED) is 0.449. The molecule has 1 aliphatic heterocycles. The van der Waals surface area contributed by atoms with Crippen LogP contribution in [0.5, 0.6) is 0 Å². The van der Waals surface area contributed by atoms with Crippen molar-refractivity contribution in [3.05, 3.63) is 72.2 Å². The highest BCUT2D eigenvalue weighted by molar-refractivity contribution is 7.89. The van der Waals surface area contributed by atoms with Gasteiger partial charge in [-0.2, -0.15) is 0 Å². The maximum Gasteiger partial charge on any atom is 0.291 e. The van der Waals surface area contributed by atoms with Crippen LogP contribution in [0.25, 0.3) is 11.3 Å². The van der Waals surface area contributed by atoms with Crippen molar-refractivity contribution < 1.29 is 26.8 Å². The topological polar surface area (TPSA) is 101 Å². The second-order valence-electron chi connectivity index (χ2n) is 7.85. The summed E-state index contributed by atoms with van der Waals surface area (Å²) in [6, 6.07) is 14.8. The van der Waals surface area contributed by atoms with E-state index in [0.717, 1.165) is 19.6 Å². The monoisotopic (exact) mass is 487 g/mol. The second-order valence-corrected chi connectivity index (χ2v) is 9.62. The van der Waals surface area contributed by atoms with Gasteiger partial charge in [-0.25, -0.2) is 17.5 Å². The Morgan fingerprint density at radius 1 is 0.971 bits per heavy atom. The molecule has 2 heterocycles. The number of carbonyl (C=O) groups is 1. The highest BCUT2D eigenvalue weighted by Crippen LogP contribution is 2.23. The van der Waals surface area contributed by atoms with Gasteiger partial charge in [0.2, 0.25) is 10.0 Å². The predicted molar refractivity (Wildman–Crippen MR) is 126 cm³/mol. The van der Waals surface area contributed by atoms with Gasteiger partial charge in [0.05, 0.1) is 18.1 Å². The summed E-state index contributed by atoms with van der Waals surface area (Å²) >= 11 is 0. The lowest BCUT2D eigenvalue weighted by Gasteiger charge is -2.26. The molecular weight excluding hydrogens is 461 g/mol. The minimum Gasteiger partial charge on any atom is -0.451 e. The summed E-state index contributed by atoms with van der Waals surface area (Å²) in [4.78, 5) is 14.9. The fourth-order valence-corrected chi connectivity index (χ4v) is 4.63. The third-order valence-corrected chi connectivity index (χ3v) is 6.90. The van der Waals surface area contributed by atoms with Crippen LogP contribution in [0, 0.1) is 5.82 Å². The van der Waals surface area contributed by atoms with Gasteiger partial charge in [-0.15, -0.1) is 0 Å². The van der Waals surface area contributed by atoms with Crippen molar-refractivity contribution in [3.63, 3.8) is 0 Å². The number of amides is 1. The van der Waals surface area contributed by atoms with Crippen LogP contribution in [0.1, 0.15) is 17.0 Å². The Morgan fingerprint density at radius 3 is 2.38 bits per heavy atom. The van der Waals surface area contributed by atoms with Gasteiger partial charge < -0.3 is 14.5 Å². The molecule has 0 unspecified atom stereocenters. The molecule has 0 spiro atoms. The van der Waals surface area contributed by atoms with Crippen molar-refractivity contribution in [2.24, 2.45) is 0 Å². The van der Waals surface area contributed by atoms with Crippen LogP contribution in [0.4, 0.5) is 10.1 Å². The number of nitrogens with zero attached hydrogens (tertiary/aromatic N) is 1. The number of hydrogen-bond acceptors (Lipinski definition) is 6. The van der Waals surface area contributed by atoms with Gasteiger partial charge in [0.1, 0.15) is 11.6 Å². The van der Waals surface area contributed by atoms with E-state index in [4.69, 9.17) is 9.15 Å². The van der Waals surface area contributed by atoms with Crippen molar-refractivity contribution in [3.8, 4) is 11.3 Å². The zero-order chi connectivity index (χ0) is 24.0. The normalized spacial score (nSPS) is 14.7. The Balaban J connectivity index is 1.29. The maximum absolute atomic E-state index is 13.1. The highest BCUT2D eigenvalue weighted by atomic mass is 32.2. The van der Waals surface area contributed by atoms with E-state index in [1.165, 1.54) is 42.5 Å². The number of ether oxygens (including phenoxy) is 1. The van der Waals surface area contributed by atoms with Crippen LogP contribution in [0.2, 0.25) is 0 Å². The first kappa shape index (κ1) is 24.1. The standard InChI is InChI=1S/C24H26FN3O5S/c25-19-4-2-18(3-5-19)22-10-11-23(33-22)24(29)27-20-6-8-21(9-7-20)34(30,31)26-12-1-13-28-14-16-32-17-15-28/h2-11,26H,1,12-17H2,(H,27,29). The van der Waals surface area contributed by atoms with Crippen LogP contribution >= 0.6 is 0 Å². The van der Waals surface area contributed by atoms with E-state index in [0.29, 0.717) is 43.2 Å². The van der Waals surface area contributed by atoms with Crippen molar-refractivity contribution >= 4 is 21.6 Å². The molecule has 0 bridgehead atoms. The third kappa shape index (κ3) is 6.29. The number of carbonyl (C=O) groups excluding carboxylic acids is 1. The molecule has 0 saturated carbocycles. The van der Waals surface area contributed by atoms with Crippen molar-refractivity contribution in [2.75, 3.05) is 44.7 Å². The molecule has 3 aromatic rings.